The molecule has 0 bridgehead atoms. The predicted molar refractivity (Wildman–Crippen MR) is 61.2 cm³/mol. The van der Waals surface area contributed by atoms with E-state index in [1.165, 1.54) is 18.4 Å². The molecule has 1 nitrogen and oxygen atoms in total. The number of aliphatic hydroxyl groups excluding tert-OH is 1. The van der Waals surface area contributed by atoms with E-state index in [4.69, 9.17) is 0 Å². The third-order valence-electron chi connectivity index (χ3n) is 3.04. The first-order valence-corrected chi connectivity index (χ1v) is 5.64. The van der Waals surface area contributed by atoms with Crippen LogP contribution in [0.25, 0.3) is 0 Å². The van der Waals surface area contributed by atoms with Crippen LogP contribution in [-0.2, 0) is 0 Å². The molecule has 1 N–H and O–H groups in total. The molecular formula is C13H22O. The van der Waals surface area contributed by atoms with Crippen molar-refractivity contribution in [3.8, 4) is 0 Å². The fraction of sp³-hybridized carbons (Fsp3) is 0.692. The number of rotatable bonds is 4. The fourth-order valence-corrected chi connectivity index (χ4v) is 1.84. The summed E-state index contributed by atoms with van der Waals surface area (Å²) in [7, 11) is 0. The Balaban J connectivity index is 2.41. The summed E-state index contributed by atoms with van der Waals surface area (Å²) in [5.41, 5.74) is 3.03. The first-order valence-electron chi connectivity index (χ1n) is 5.64. The Morgan fingerprint density at radius 2 is 1.93 bits per heavy atom. The van der Waals surface area contributed by atoms with Crippen molar-refractivity contribution in [1.82, 2.24) is 0 Å². The number of allylic oxidation sites excluding steroid dienone is 4. The average Bonchev–Trinajstić information content (AvgIpc) is 2.15. The van der Waals surface area contributed by atoms with E-state index in [-0.39, 0.29) is 6.10 Å². The van der Waals surface area contributed by atoms with Crippen LogP contribution < -0.4 is 0 Å². The van der Waals surface area contributed by atoms with E-state index in [2.05, 4.69) is 26.0 Å². The minimum absolute atomic E-state index is 0.154. The van der Waals surface area contributed by atoms with Gasteiger partial charge in [-0.25, -0.2) is 0 Å². The lowest BCUT2D eigenvalue weighted by molar-refractivity contribution is 0.176. The molecule has 80 valence electrons. The van der Waals surface area contributed by atoms with Gasteiger partial charge in [-0.05, 0) is 45.4 Å². The topological polar surface area (TPSA) is 20.2 Å². The van der Waals surface area contributed by atoms with Gasteiger partial charge in [0.25, 0.3) is 0 Å². The molecule has 1 aliphatic rings. The molecule has 2 unspecified atom stereocenters. The largest absolute Gasteiger partial charge is 0.393 e. The van der Waals surface area contributed by atoms with E-state index < -0.39 is 0 Å². The summed E-state index contributed by atoms with van der Waals surface area (Å²) >= 11 is 0. The zero-order chi connectivity index (χ0) is 10.6. The van der Waals surface area contributed by atoms with Gasteiger partial charge in [-0.3, -0.25) is 0 Å². The maximum atomic E-state index is 9.21. The molecule has 2 atom stereocenters. The molecule has 0 saturated heterocycles. The molecule has 0 amide bonds. The van der Waals surface area contributed by atoms with Gasteiger partial charge in [0.05, 0.1) is 6.10 Å². The van der Waals surface area contributed by atoms with Crippen molar-refractivity contribution in [2.24, 2.45) is 5.92 Å². The summed E-state index contributed by atoms with van der Waals surface area (Å²) in [6.07, 6.45) is 8.80. The number of hydrogen-bond donors (Lipinski definition) is 1. The lowest BCUT2D eigenvalue weighted by Crippen LogP contribution is -2.07. The summed E-state index contributed by atoms with van der Waals surface area (Å²) in [6, 6.07) is 0. The first kappa shape index (κ1) is 11.5. The van der Waals surface area contributed by atoms with Crippen molar-refractivity contribution in [3.63, 3.8) is 0 Å². The standard InChI is InChI=1S/C13H22O/c1-10-4-8-13(9-5-10)11(2)6-7-12(3)14/h4,8,11-12,14H,5-7,9H2,1-3H3. The molecule has 0 radical (unpaired) electrons. The molecule has 1 heteroatoms. The van der Waals surface area contributed by atoms with E-state index in [0.717, 1.165) is 12.8 Å². The molecule has 1 aliphatic carbocycles. The van der Waals surface area contributed by atoms with Crippen molar-refractivity contribution in [2.75, 3.05) is 0 Å². The van der Waals surface area contributed by atoms with E-state index in [9.17, 15) is 5.11 Å². The third-order valence-corrected chi connectivity index (χ3v) is 3.04. The molecular weight excluding hydrogens is 172 g/mol. The highest BCUT2D eigenvalue weighted by atomic mass is 16.3. The van der Waals surface area contributed by atoms with Crippen LogP contribution in [0.15, 0.2) is 23.3 Å². The van der Waals surface area contributed by atoms with Crippen LogP contribution in [0.4, 0.5) is 0 Å². The summed E-state index contributed by atoms with van der Waals surface area (Å²) < 4.78 is 0. The lowest BCUT2D eigenvalue weighted by atomic mass is 9.87. The highest BCUT2D eigenvalue weighted by Crippen LogP contribution is 2.26. The summed E-state index contributed by atoms with van der Waals surface area (Å²) in [6.45, 7) is 6.32. The van der Waals surface area contributed by atoms with E-state index in [1.54, 1.807) is 5.57 Å². The van der Waals surface area contributed by atoms with E-state index in [1.807, 2.05) is 6.92 Å². The molecule has 0 aromatic rings. The first-order chi connectivity index (χ1) is 6.59. The molecule has 1 rings (SSSR count). The normalized spacial score (nSPS) is 21.1. The minimum Gasteiger partial charge on any atom is -0.393 e. The van der Waals surface area contributed by atoms with Gasteiger partial charge in [-0.1, -0.05) is 30.2 Å². The Kier molecular flexibility index (Phi) is 4.40. The van der Waals surface area contributed by atoms with Crippen LogP contribution in [0.5, 0.6) is 0 Å². The molecule has 0 saturated carbocycles. The Labute approximate surface area is 87.5 Å². The molecule has 0 aromatic carbocycles. The van der Waals surface area contributed by atoms with Crippen molar-refractivity contribution in [3.05, 3.63) is 23.3 Å². The Morgan fingerprint density at radius 3 is 2.43 bits per heavy atom. The van der Waals surface area contributed by atoms with Crippen molar-refractivity contribution in [2.45, 2.75) is 52.6 Å². The quantitative estimate of drug-likeness (QED) is 0.726. The maximum absolute atomic E-state index is 9.21. The van der Waals surface area contributed by atoms with Gasteiger partial charge < -0.3 is 5.11 Å². The smallest absolute Gasteiger partial charge is 0.0512 e. The van der Waals surface area contributed by atoms with Crippen molar-refractivity contribution < 1.29 is 5.11 Å². The number of aliphatic hydroxyl groups is 1. The Hall–Kier alpha value is -0.560. The molecule has 14 heavy (non-hydrogen) atoms. The van der Waals surface area contributed by atoms with Crippen molar-refractivity contribution >= 4 is 0 Å². The van der Waals surface area contributed by atoms with Gasteiger partial charge in [0.2, 0.25) is 0 Å². The Bertz CT molecular complexity index is 236. The summed E-state index contributed by atoms with van der Waals surface area (Å²) in [4.78, 5) is 0. The van der Waals surface area contributed by atoms with E-state index in [0.29, 0.717) is 5.92 Å². The van der Waals surface area contributed by atoms with Crippen LogP contribution >= 0.6 is 0 Å². The van der Waals surface area contributed by atoms with Gasteiger partial charge in [-0.15, -0.1) is 0 Å². The average molecular weight is 194 g/mol. The second-order valence-electron chi connectivity index (χ2n) is 4.58. The predicted octanol–water partition coefficient (Wildman–Crippen LogP) is 3.45. The Morgan fingerprint density at radius 1 is 1.21 bits per heavy atom. The summed E-state index contributed by atoms with van der Waals surface area (Å²) in [5.74, 6) is 0.633. The van der Waals surface area contributed by atoms with Crippen LogP contribution in [0.3, 0.4) is 0 Å². The second kappa shape index (κ2) is 5.35. The summed E-state index contributed by atoms with van der Waals surface area (Å²) in [5, 5.41) is 9.21. The highest BCUT2D eigenvalue weighted by molar-refractivity contribution is 5.24. The van der Waals surface area contributed by atoms with Crippen LogP contribution in [0.2, 0.25) is 0 Å². The minimum atomic E-state index is -0.154. The maximum Gasteiger partial charge on any atom is 0.0512 e. The zero-order valence-electron chi connectivity index (χ0n) is 9.59. The van der Waals surface area contributed by atoms with Crippen LogP contribution in [-0.4, -0.2) is 11.2 Å². The zero-order valence-corrected chi connectivity index (χ0v) is 9.59. The van der Waals surface area contributed by atoms with Gasteiger partial charge in [0.1, 0.15) is 0 Å². The van der Waals surface area contributed by atoms with Gasteiger partial charge >= 0.3 is 0 Å². The number of hydrogen-bond acceptors (Lipinski definition) is 1. The second-order valence-corrected chi connectivity index (χ2v) is 4.58. The monoisotopic (exact) mass is 194 g/mol. The molecule has 0 aromatic heterocycles. The van der Waals surface area contributed by atoms with E-state index >= 15 is 0 Å². The lowest BCUT2D eigenvalue weighted by Gasteiger charge is -2.19. The SMILES string of the molecule is CC1=CC=C(C(C)CCC(C)O)CC1. The van der Waals surface area contributed by atoms with Gasteiger partial charge in [0.15, 0.2) is 0 Å². The molecule has 0 aliphatic heterocycles. The molecule has 0 spiro atoms. The van der Waals surface area contributed by atoms with Gasteiger partial charge in [0, 0.05) is 0 Å². The van der Waals surface area contributed by atoms with Gasteiger partial charge in [-0.2, -0.15) is 0 Å². The van der Waals surface area contributed by atoms with Crippen LogP contribution in [0, 0.1) is 5.92 Å². The highest BCUT2D eigenvalue weighted by Gasteiger charge is 2.11. The molecule has 0 heterocycles. The molecule has 0 fully saturated rings. The van der Waals surface area contributed by atoms with Crippen molar-refractivity contribution in [1.29, 1.82) is 0 Å². The van der Waals surface area contributed by atoms with Crippen LogP contribution in [0.1, 0.15) is 46.5 Å². The third kappa shape index (κ3) is 3.67. The fourth-order valence-electron chi connectivity index (χ4n) is 1.84.